The van der Waals surface area contributed by atoms with E-state index in [2.05, 4.69) is 5.32 Å². The molecule has 0 aliphatic carbocycles. The first-order chi connectivity index (χ1) is 10.3. The Balaban J connectivity index is 2.43. The van der Waals surface area contributed by atoms with E-state index in [9.17, 15) is 22.0 Å². The zero-order valence-electron chi connectivity index (χ0n) is 12.0. The molecule has 1 aromatic carbocycles. The number of methoxy groups -OCH3 is 1. The van der Waals surface area contributed by atoms with E-state index >= 15 is 0 Å². The summed E-state index contributed by atoms with van der Waals surface area (Å²) in [6, 6.07) is 0.594. The zero-order chi connectivity index (χ0) is 16.3. The minimum absolute atomic E-state index is 0.265. The Morgan fingerprint density at radius 1 is 1.23 bits per heavy atom. The number of alkyl halides is 3. The van der Waals surface area contributed by atoms with E-state index in [0.29, 0.717) is 13.1 Å². The molecule has 0 bridgehead atoms. The monoisotopic (exact) mass is 324 g/mol. The Bertz CT molecular complexity index is 515. The number of hydrogen-bond donors (Lipinski definition) is 1. The molecule has 1 aliphatic heterocycles. The smallest absolute Gasteiger partial charge is 0.390 e. The summed E-state index contributed by atoms with van der Waals surface area (Å²) in [4.78, 5) is 1.45. The Hall–Kier alpha value is -1.41. The van der Waals surface area contributed by atoms with Crippen molar-refractivity contribution in [3.63, 3.8) is 0 Å². The number of nitrogens with zero attached hydrogens (tertiary/aromatic N) is 1. The van der Waals surface area contributed by atoms with Crippen molar-refractivity contribution in [3.05, 3.63) is 29.3 Å². The second-order valence-corrected chi connectivity index (χ2v) is 5.10. The molecule has 1 fully saturated rings. The van der Waals surface area contributed by atoms with Crippen molar-refractivity contribution in [2.45, 2.75) is 18.6 Å². The summed E-state index contributed by atoms with van der Waals surface area (Å²) in [5.74, 6) is -2.33. The maximum Gasteiger partial charge on any atom is 0.390 e. The van der Waals surface area contributed by atoms with Crippen molar-refractivity contribution in [1.29, 1.82) is 0 Å². The fourth-order valence-corrected chi connectivity index (χ4v) is 2.64. The van der Waals surface area contributed by atoms with Crippen molar-refractivity contribution in [3.8, 4) is 5.75 Å². The zero-order valence-corrected chi connectivity index (χ0v) is 12.0. The fraction of sp³-hybridized carbons (Fsp3) is 0.571. The number of benzene rings is 1. The van der Waals surface area contributed by atoms with Gasteiger partial charge in [-0.2, -0.15) is 13.2 Å². The van der Waals surface area contributed by atoms with Crippen LogP contribution in [0.25, 0.3) is 0 Å². The number of hydrogen-bond acceptors (Lipinski definition) is 3. The van der Waals surface area contributed by atoms with Gasteiger partial charge in [0.25, 0.3) is 0 Å². The van der Waals surface area contributed by atoms with Gasteiger partial charge in [-0.05, 0) is 12.1 Å². The van der Waals surface area contributed by atoms with Crippen molar-refractivity contribution < 1.29 is 26.7 Å². The summed E-state index contributed by atoms with van der Waals surface area (Å²) in [7, 11) is 1.18. The van der Waals surface area contributed by atoms with Crippen molar-refractivity contribution in [1.82, 2.24) is 10.2 Å². The molecule has 0 amide bonds. The van der Waals surface area contributed by atoms with Gasteiger partial charge in [0, 0.05) is 37.8 Å². The number of rotatable bonds is 4. The molecular formula is C14H17F5N2O. The lowest BCUT2D eigenvalue weighted by Crippen LogP contribution is -2.46. The van der Waals surface area contributed by atoms with Crippen molar-refractivity contribution in [2.75, 3.05) is 33.3 Å². The average Bonchev–Trinajstić information content (AvgIpc) is 2.46. The molecule has 1 atom stereocenters. The van der Waals surface area contributed by atoms with Gasteiger partial charge >= 0.3 is 6.18 Å². The molecule has 1 N–H and O–H groups in total. The third kappa shape index (κ3) is 3.86. The third-order valence-corrected chi connectivity index (χ3v) is 3.66. The topological polar surface area (TPSA) is 24.5 Å². The summed E-state index contributed by atoms with van der Waals surface area (Å²) >= 11 is 0. The Kier molecular flexibility index (Phi) is 5.23. The van der Waals surface area contributed by atoms with E-state index in [-0.39, 0.29) is 18.8 Å². The van der Waals surface area contributed by atoms with Gasteiger partial charge in [-0.1, -0.05) is 0 Å². The maximum atomic E-state index is 14.3. The minimum Gasteiger partial charge on any atom is -0.494 e. The largest absolute Gasteiger partial charge is 0.494 e. The highest BCUT2D eigenvalue weighted by Crippen LogP contribution is 2.38. The van der Waals surface area contributed by atoms with E-state index in [4.69, 9.17) is 4.74 Å². The Morgan fingerprint density at radius 3 is 2.41 bits per heavy atom. The predicted molar refractivity (Wildman–Crippen MR) is 70.8 cm³/mol. The highest BCUT2D eigenvalue weighted by Gasteiger charge is 2.39. The SMILES string of the molecule is COc1ccc(F)c([C@H](CC(F)(F)F)N2CCNCC2)c1F. The molecule has 124 valence electrons. The highest BCUT2D eigenvalue weighted by atomic mass is 19.4. The second kappa shape index (κ2) is 6.78. The molecule has 1 saturated heterocycles. The number of ether oxygens (including phenoxy) is 1. The van der Waals surface area contributed by atoms with Crippen LogP contribution in [0.4, 0.5) is 22.0 Å². The molecular weight excluding hydrogens is 307 g/mol. The summed E-state index contributed by atoms with van der Waals surface area (Å²) in [5, 5.41) is 3.00. The summed E-state index contributed by atoms with van der Waals surface area (Å²) in [6.07, 6.45) is -5.84. The van der Waals surface area contributed by atoms with Crippen LogP contribution in [0.15, 0.2) is 12.1 Å². The Labute approximate surface area is 125 Å². The summed E-state index contributed by atoms with van der Waals surface area (Å²) in [6.45, 7) is 1.52. The van der Waals surface area contributed by atoms with Crippen LogP contribution >= 0.6 is 0 Å². The van der Waals surface area contributed by atoms with Crippen LogP contribution in [0.1, 0.15) is 18.0 Å². The highest BCUT2D eigenvalue weighted by molar-refractivity contribution is 5.34. The van der Waals surface area contributed by atoms with Gasteiger partial charge in [-0.3, -0.25) is 4.90 Å². The fourth-order valence-electron chi connectivity index (χ4n) is 2.64. The summed E-state index contributed by atoms with van der Waals surface area (Å²) in [5.41, 5.74) is -0.585. The average molecular weight is 324 g/mol. The first kappa shape index (κ1) is 17.0. The van der Waals surface area contributed by atoms with Crippen molar-refractivity contribution in [2.24, 2.45) is 0 Å². The lowest BCUT2D eigenvalue weighted by molar-refractivity contribution is -0.149. The molecule has 2 rings (SSSR count). The molecule has 0 spiro atoms. The maximum absolute atomic E-state index is 14.3. The molecule has 3 nitrogen and oxygen atoms in total. The van der Waals surface area contributed by atoms with Crippen LogP contribution in [-0.2, 0) is 0 Å². The first-order valence-electron chi connectivity index (χ1n) is 6.87. The molecule has 1 aromatic rings. The molecule has 0 radical (unpaired) electrons. The van der Waals surface area contributed by atoms with Crippen LogP contribution in [0, 0.1) is 11.6 Å². The lowest BCUT2D eigenvalue weighted by Gasteiger charge is -2.36. The van der Waals surface area contributed by atoms with E-state index < -0.39 is 35.8 Å². The quantitative estimate of drug-likeness (QED) is 0.862. The van der Waals surface area contributed by atoms with Crippen molar-refractivity contribution >= 4 is 0 Å². The molecule has 22 heavy (non-hydrogen) atoms. The molecule has 0 aromatic heterocycles. The van der Waals surface area contributed by atoms with Crippen LogP contribution in [-0.4, -0.2) is 44.4 Å². The second-order valence-electron chi connectivity index (χ2n) is 5.10. The van der Waals surface area contributed by atoms with Gasteiger partial charge in [-0.15, -0.1) is 0 Å². The van der Waals surface area contributed by atoms with Gasteiger partial charge in [0.05, 0.1) is 13.5 Å². The van der Waals surface area contributed by atoms with Crippen LogP contribution in [0.5, 0.6) is 5.75 Å². The minimum atomic E-state index is -4.53. The lowest BCUT2D eigenvalue weighted by atomic mass is 9.99. The van der Waals surface area contributed by atoms with Gasteiger partial charge in [0.15, 0.2) is 11.6 Å². The number of nitrogens with one attached hydrogen (secondary N) is 1. The molecule has 8 heteroatoms. The van der Waals surface area contributed by atoms with E-state index in [0.717, 1.165) is 12.1 Å². The van der Waals surface area contributed by atoms with E-state index in [1.165, 1.54) is 12.0 Å². The third-order valence-electron chi connectivity index (χ3n) is 3.66. The molecule has 0 saturated carbocycles. The van der Waals surface area contributed by atoms with Gasteiger partial charge < -0.3 is 10.1 Å². The Morgan fingerprint density at radius 2 is 1.86 bits per heavy atom. The summed E-state index contributed by atoms with van der Waals surface area (Å²) < 4.78 is 71.8. The van der Waals surface area contributed by atoms with Crippen LogP contribution in [0.3, 0.4) is 0 Å². The van der Waals surface area contributed by atoms with Gasteiger partial charge in [0.2, 0.25) is 0 Å². The van der Waals surface area contributed by atoms with Crippen LogP contribution < -0.4 is 10.1 Å². The first-order valence-corrected chi connectivity index (χ1v) is 6.87. The van der Waals surface area contributed by atoms with E-state index in [1.807, 2.05) is 0 Å². The van der Waals surface area contributed by atoms with Gasteiger partial charge in [-0.25, -0.2) is 8.78 Å². The van der Waals surface area contributed by atoms with E-state index in [1.54, 1.807) is 0 Å². The number of halogens is 5. The normalized spacial score (nSPS) is 18.3. The number of piperazine rings is 1. The predicted octanol–water partition coefficient (Wildman–Crippen LogP) is 2.87. The molecule has 1 heterocycles. The molecule has 0 unspecified atom stereocenters. The van der Waals surface area contributed by atoms with Crippen LogP contribution in [0.2, 0.25) is 0 Å². The standard InChI is InChI=1S/C14H17F5N2O/c1-22-11-3-2-9(15)12(13(11)16)10(8-14(17,18)19)21-6-4-20-5-7-21/h2-3,10,20H,4-8H2,1H3/t10-/m0/s1. The molecule has 1 aliphatic rings. The van der Waals surface area contributed by atoms with Gasteiger partial charge in [0.1, 0.15) is 5.82 Å².